The molecule has 9 nitrogen and oxygen atoms in total. The highest BCUT2D eigenvalue weighted by Gasteiger charge is 2.27. The second-order valence-corrected chi connectivity index (χ2v) is 8.30. The van der Waals surface area contributed by atoms with Crippen LogP contribution < -0.4 is 5.32 Å². The molecule has 1 aliphatic heterocycles. The number of piperidine rings is 1. The number of hydrogen-bond acceptors (Lipinski definition) is 7. The maximum absolute atomic E-state index is 12.2. The lowest BCUT2D eigenvalue weighted by atomic mass is 10.1. The smallest absolute Gasteiger partial charge is 0.410 e. The molecule has 9 heteroatoms. The van der Waals surface area contributed by atoms with Crippen LogP contribution in [0.1, 0.15) is 44.7 Å². The van der Waals surface area contributed by atoms with Crippen molar-refractivity contribution in [2.45, 2.75) is 52.2 Å². The number of fused-ring (bicyclic) bond motifs is 1. The fourth-order valence-electron chi connectivity index (χ4n) is 3.20. The van der Waals surface area contributed by atoms with Gasteiger partial charge >= 0.3 is 12.1 Å². The standard InChI is InChI=1S/C21H26N4O5/c1-13-9-14(11-22)10-16-18(13)29-19(23-16)24-17(26)12-28-15-5-7-25(8-6-15)20(27)30-21(2,3)4/h9-10,15H,5-8,12H2,1-4H3,(H,23,24,26). The number of likely N-dealkylation sites (tertiary alicyclic amines) is 1. The fourth-order valence-corrected chi connectivity index (χ4v) is 3.20. The molecular weight excluding hydrogens is 388 g/mol. The molecule has 2 amide bonds. The number of nitrogens with one attached hydrogen (secondary N) is 1. The summed E-state index contributed by atoms with van der Waals surface area (Å²) in [6.45, 7) is 8.21. The predicted octanol–water partition coefficient (Wildman–Crippen LogP) is 3.36. The molecule has 0 unspecified atom stereocenters. The molecule has 1 saturated heterocycles. The van der Waals surface area contributed by atoms with Gasteiger partial charge in [-0.3, -0.25) is 10.1 Å². The Hall–Kier alpha value is -3.12. The number of oxazole rings is 1. The molecule has 1 aromatic heterocycles. The molecule has 1 aromatic carbocycles. The summed E-state index contributed by atoms with van der Waals surface area (Å²) in [6, 6.07) is 5.44. The van der Waals surface area contributed by atoms with E-state index in [9.17, 15) is 9.59 Å². The summed E-state index contributed by atoms with van der Waals surface area (Å²) < 4.78 is 16.6. The third-order valence-electron chi connectivity index (χ3n) is 4.60. The zero-order valence-corrected chi connectivity index (χ0v) is 17.7. The Morgan fingerprint density at radius 1 is 1.33 bits per heavy atom. The lowest BCUT2D eigenvalue weighted by Crippen LogP contribution is -2.43. The Balaban J connectivity index is 1.47. The number of carbonyl (C=O) groups excluding carboxylic acids is 2. The van der Waals surface area contributed by atoms with Crippen LogP contribution in [0.2, 0.25) is 0 Å². The van der Waals surface area contributed by atoms with Crippen LogP contribution >= 0.6 is 0 Å². The van der Waals surface area contributed by atoms with E-state index in [1.165, 1.54) is 0 Å². The minimum absolute atomic E-state index is 0.0662. The summed E-state index contributed by atoms with van der Waals surface area (Å²) in [5.74, 6) is -0.380. The molecule has 0 radical (unpaired) electrons. The van der Waals surface area contributed by atoms with E-state index in [0.717, 1.165) is 5.56 Å². The molecule has 1 aliphatic rings. The van der Waals surface area contributed by atoms with Gasteiger partial charge in [-0.2, -0.15) is 10.2 Å². The van der Waals surface area contributed by atoms with E-state index in [1.54, 1.807) is 17.0 Å². The number of rotatable bonds is 4. The van der Waals surface area contributed by atoms with Crippen LogP contribution in [0, 0.1) is 18.3 Å². The van der Waals surface area contributed by atoms with E-state index in [0.29, 0.717) is 42.6 Å². The van der Waals surface area contributed by atoms with E-state index in [4.69, 9.17) is 19.2 Å². The third-order valence-corrected chi connectivity index (χ3v) is 4.60. The Labute approximate surface area is 174 Å². The van der Waals surface area contributed by atoms with Gasteiger partial charge in [-0.05, 0) is 58.2 Å². The van der Waals surface area contributed by atoms with Crippen molar-refractivity contribution in [3.8, 4) is 6.07 Å². The van der Waals surface area contributed by atoms with Crippen molar-refractivity contribution in [3.63, 3.8) is 0 Å². The van der Waals surface area contributed by atoms with Gasteiger partial charge in [-0.25, -0.2) is 4.79 Å². The molecule has 1 N–H and O–H groups in total. The number of aryl methyl sites for hydroxylation is 1. The van der Waals surface area contributed by atoms with E-state index >= 15 is 0 Å². The molecule has 0 atom stereocenters. The monoisotopic (exact) mass is 414 g/mol. The SMILES string of the molecule is Cc1cc(C#N)cc2nc(NC(=O)COC3CCN(C(=O)OC(C)(C)C)CC3)oc12. The van der Waals surface area contributed by atoms with Crippen molar-refractivity contribution in [1.82, 2.24) is 9.88 Å². The normalized spacial score (nSPS) is 15.1. The molecule has 30 heavy (non-hydrogen) atoms. The zero-order chi connectivity index (χ0) is 21.9. The van der Waals surface area contributed by atoms with E-state index < -0.39 is 5.60 Å². The first-order valence-electron chi connectivity index (χ1n) is 9.85. The number of ether oxygens (including phenoxy) is 2. The van der Waals surface area contributed by atoms with Gasteiger partial charge in [0.2, 0.25) is 0 Å². The van der Waals surface area contributed by atoms with Gasteiger partial charge in [-0.1, -0.05) is 0 Å². The number of nitriles is 1. The van der Waals surface area contributed by atoms with Gasteiger partial charge in [0, 0.05) is 13.1 Å². The molecule has 0 saturated carbocycles. The Kier molecular flexibility index (Phi) is 6.27. The minimum atomic E-state index is -0.526. The number of aromatic nitrogens is 1. The van der Waals surface area contributed by atoms with Crippen molar-refractivity contribution in [1.29, 1.82) is 5.26 Å². The van der Waals surface area contributed by atoms with Crippen LogP contribution in [0.4, 0.5) is 10.8 Å². The summed E-state index contributed by atoms with van der Waals surface area (Å²) >= 11 is 0. The van der Waals surface area contributed by atoms with Gasteiger partial charge in [0.05, 0.1) is 17.7 Å². The second-order valence-electron chi connectivity index (χ2n) is 8.30. The zero-order valence-electron chi connectivity index (χ0n) is 17.7. The fraction of sp³-hybridized carbons (Fsp3) is 0.524. The highest BCUT2D eigenvalue weighted by molar-refractivity contribution is 5.91. The number of benzene rings is 1. The Morgan fingerprint density at radius 3 is 2.67 bits per heavy atom. The first kappa shape index (κ1) is 21.6. The van der Waals surface area contributed by atoms with Crippen molar-refractivity contribution >= 4 is 29.1 Å². The van der Waals surface area contributed by atoms with Gasteiger partial charge in [-0.15, -0.1) is 0 Å². The summed E-state index contributed by atoms with van der Waals surface area (Å²) in [5, 5.41) is 11.6. The van der Waals surface area contributed by atoms with E-state index in [-0.39, 0.29) is 30.7 Å². The summed E-state index contributed by atoms with van der Waals surface area (Å²) in [7, 11) is 0. The maximum Gasteiger partial charge on any atom is 0.410 e. The number of amides is 2. The molecule has 2 heterocycles. The summed E-state index contributed by atoms with van der Waals surface area (Å²) in [6.07, 6.45) is 0.819. The number of anilines is 1. The molecule has 0 spiro atoms. The highest BCUT2D eigenvalue weighted by atomic mass is 16.6. The lowest BCUT2D eigenvalue weighted by molar-refractivity contribution is -0.123. The number of nitrogens with zero attached hydrogens (tertiary/aromatic N) is 3. The highest BCUT2D eigenvalue weighted by Crippen LogP contribution is 2.24. The van der Waals surface area contributed by atoms with Crippen molar-refractivity contribution in [2.75, 3.05) is 25.0 Å². The van der Waals surface area contributed by atoms with Crippen LogP contribution in [0.15, 0.2) is 16.5 Å². The number of carbonyl (C=O) groups is 2. The van der Waals surface area contributed by atoms with Gasteiger partial charge < -0.3 is 18.8 Å². The first-order valence-corrected chi connectivity index (χ1v) is 9.85. The van der Waals surface area contributed by atoms with Crippen LogP contribution in [-0.2, 0) is 14.3 Å². The molecule has 160 valence electrons. The van der Waals surface area contributed by atoms with Gasteiger partial charge in [0.25, 0.3) is 5.91 Å². The summed E-state index contributed by atoms with van der Waals surface area (Å²) in [4.78, 5) is 30.2. The molecule has 3 rings (SSSR count). The van der Waals surface area contributed by atoms with E-state index in [1.807, 2.05) is 27.7 Å². The first-order chi connectivity index (χ1) is 14.1. The largest absolute Gasteiger partial charge is 0.444 e. The number of hydrogen-bond donors (Lipinski definition) is 1. The summed E-state index contributed by atoms with van der Waals surface area (Å²) in [5.41, 5.74) is 1.76. The maximum atomic E-state index is 12.2. The van der Waals surface area contributed by atoms with Crippen molar-refractivity contribution < 1.29 is 23.5 Å². The van der Waals surface area contributed by atoms with Gasteiger partial charge in [0.1, 0.15) is 17.7 Å². The predicted molar refractivity (Wildman–Crippen MR) is 109 cm³/mol. The Morgan fingerprint density at radius 2 is 2.03 bits per heavy atom. The van der Waals surface area contributed by atoms with Crippen molar-refractivity contribution in [2.24, 2.45) is 0 Å². The molecular formula is C21H26N4O5. The average Bonchev–Trinajstić information content (AvgIpc) is 3.08. The molecule has 0 bridgehead atoms. The van der Waals surface area contributed by atoms with Crippen molar-refractivity contribution in [3.05, 3.63) is 23.3 Å². The van der Waals surface area contributed by atoms with Crippen LogP contribution in [0.25, 0.3) is 11.1 Å². The molecule has 1 fully saturated rings. The topological polar surface area (TPSA) is 118 Å². The van der Waals surface area contributed by atoms with E-state index in [2.05, 4.69) is 16.4 Å². The molecule has 2 aromatic rings. The van der Waals surface area contributed by atoms with Crippen LogP contribution in [-0.4, -0.2) is 53.3 Å². The second kappa shape index (κ2) is 8.71. The molecule has 0 aliphatic carbocycles. The van der Waals surface area contributed by atoms with Gasteiger partial charge in [0.15, 0.2) is 5.58 Å². The van der Waals surface area contributed by atoms with Crippen LogP contribution in [0.3, 0.4) is 0 Å². The minimum Gasteiger partial charge on any atom is -0.444 e. The third kappa shape index (κ3) is 5.48. The Bertz CT molecular complexity index is 978. The lowest BCUT2D eigenvalue weighted by Gasteiger charge is -2.33. The average molecular weight is 414 g/mol. The quantitative estimate of drug-likeness (QED) is 0.815. The van der Waals surface area contributed by atoms with Crippen LogP contribution in [0.5, 0.6) is 0 Å².